The normalized spacial score (nSPS) is 15.3. The number of aliphatic imine (C=N–C) groups is 1. The number of hydrogen-bond acceptors (Lipinski definition) is 8. The highest BCUT2D eigenvalue weighted by molar-refractivity contribution is 8.39. The van der Waals surface area contributed by atoms with E-state index in [0.717, 1.165) is 16.7 Å². The second-order valence-electron chi connectivity index (χ2n) is 5.70. The van der Waals surface area contributed by atoms with Crippen LogP contribution >= 0.6 is 23.5 Å². The summed E-state index contributed by atoms with van der Waals surface area (Å²) >= 11 is 3.07. The first kappa shape index (κ1) is 19.8. The van der Waals surface area contributed by atoms with Gasteiger partial charge in [0.05, 0.1) is 16.7 Å². The van der Waals surface area contributed by atoms with Crippen LogP contribution in [0.25, 0.3) is 0 Å². The third kappa shape index (κ3) is 5.27. The molecule has 1 amide bonds. The zero-order chi connectivity index (χ0) is 19.4. The summed E-state index contributed by atoms with van der Waals surface area (Å²) in [6.07, 6.45) is 0. The fourth-order valence-corrected chi connectivity index (χ4v) is 5.28. The molecule has 8 nitrogen and oxygen atoms in total. The summed E-state index contributed by atoms with van der Waals surface area (Å²) in [5.41, 5.74) is 0.518. The highest BCUT2D eigenvalue weighted by atomic mass is 32.2. The van der Waals surface area contributed by atoms with Gasteiger partial charge in [0.25, 0.3) is 10.0 Å². The lowest BCUT2D eigenvalue weighted by atomic mass is 10.3. The Labute approximate surface area is 165 Å². The summed E-state index contributed by atoms with van der Waals surface area (Å²) in [7, 11) is -3.79. The van der Waals surface area contributed by atoms with Crippen molar-refractivity contribution in [2.75, 3.05) is 22.3 Å². The molecule has 144 valence electrons. The van der Waals surface area contributed by atoms with E-state index in [1.165, 1.54) is 30.0 Å². The van der Waals surface area contributed by atoms with Crippen LogP contribution in [0, 0.1) is 6.92 Å². The minimum atomic E-state index is -3.79. The number of sulfonamides is 1. The molecule has 0 saturated carbocycles. The smallest absolute Gasteiger partial charge is 0.263 e. The van der Waals surface area contributed by atoms with Gasteiger partial charge in [-0.3, -0.25) is 14.5 Å². The number of carbonyl (C=O) groups excluding carboxylic acids is 1. The van der Waals surface area contributed by atoms with Crippen molar-refractivity contribution in [2.45, 2.75) is 24.0 Å². The van der Waals surface area contributed by atoms with Gasteiger partial charge in [-0.1, -0.05) is 28.7 Å². The molecule has 2 heterocycles. The number of aromatic nitrogens is 1. The fraction of sp³-hybridized carbons (Fsp3) is 0.312. The van der Waals surface area contributed by atoms with E-state index in [4.69, 9.17) is 4.52 Å². The largest absolute Gasteiger partial charge is 0.360 e. The molecule has 1 aromatic heterocycles. The average Bonchev–Trinajstić information content (AvgIpc) is 3.26. The average molecular weight is 427 g/mol. The number of aryl methyl sites for hydroxylation is 1. The maximum atomic E-state index is 12.3. The first-order valence-corrected chi connectivity index (χ1v) is 11.4. The van der Waals surface area contributed by atoms with E-state index in [9.17, 15) is 13.2 Å². The summed E-state index contributed by atoms with van der Waals surface area (Å²) in [5.74, 6) is 1.40. The van der Waals surface area contributed by atoms with Gasteiger partial charge in [-0.25, -0.2) is 8.42 Å². The predicted molar refractivity (Wildman–Crippen MR) is 109 cm³/mol. The Bertz CT molecular complexity index is 954. The number of thioether (sulfide) groups is 2. The Balaban J connectivity index is 1.61. The number of rotatable bonds is 6. The van der Waals surface area contributed by atoms with Crippen LogP contribution < -0.4 is 10.0 Å². The summed E-state index contributed by atoms with van der Waals surface area (Å²) in [5, 5.41) is 6.09. The zero-order valence-corrected chi connectivity index (χ0v) is 17.1. The van der Waals surface area contributed by atoms with Crippen LogP contribution in [0.4, 0.5) is 11.5 Å². The maximum Gasteiger partial charge on any atom is 0.263 e. The lowest BCUT2D eigenvalue weighted by Crippen LogP contribution is -2.23. The lowest BCUT2D eigenvalue weighted by Gasteiger charge is -2.12. The van der Waals surface area contributed by atoms with Crippen LogP contribution in [0.2, 0.25) is 0 Å². The number of nitrogens with zero attached hydrogens (tertiary/aromatic N) is 2. The van der Waals surface area contributed by atoms with Crippen molar-refractivity contribution in [1.82, 2.24) is 5.16 Å². The molecule has 2 aromatic rings. The second kappa shape index (κ2) is 8.36. The second-order valence-corrected chi connectivity index (χ2v) is 10.1. The van der Waals surface area contributed by atoms with E-state index in [2.05, 4.69) is 20.2 Å². The van der Waals surface area contributed by atoms with E-state index in [1.807, 2.05) is 6.92 Å². The maximum absolute atomic E-state index is 12.3. The van der Waals surface area contributed by atoms with Gasteiger partial charge in [0.15, 0.2) is 5.82 Å². The number of nitrogens with one attached hydrogen (secondary N) is 2. The first-order chi connectivity index (χ1) is 12.8. The molecule has 0 radical (unpaired) electrons. The highest BCUT2D eigenvalue weighted by Crippen LogP contribution is 2.26. The molecule has 0 spiro atoms. The molecule has 1 unspecified atom stereocenters. The molecule has 1 aliphatic rings. The van der Waals surface area contributed by atoms with Gasteiger partial charge in [0.1, 0.15) is 10.1 Å². The fourth-order valence-electron chi connectivity index (χ4n) is 2.16. The standard InChI is InChI=1S/C16H18N4O4S3/c1-10-9-14(19-24-10)20-27(22,23)13-5-3-12(4-6-13)18-15(21)11(2)26-16-17-7-8-25-16/h3-6,9,11H,7-8H2,1-2H3,(H,18,21)(H,19,20). The van der Waals surface area contributed by atoms with Crippen molar-refractivity contribution >= 4 is 55.3 Å². The predicted octanol–water partition coefficient (Wildman–Crippen LogP) is 2.95. The van der Waals surface area contributed by atoms with Crippen LogP contribution in [-0.2, 0) is 14.8 Å². The molecular weight excluding hydrogens is 408 g/mol. The minimum Gasteiger partial charge on any atom is -0.360 e. The number of anilines is 2. The molecular formula is C16H18N4O4S3. The summed E-state index contributed by atoms with van der Waals surface area (Å²) in [4.78, 5) is 16.7. The first-order valence-electron chi connectivity index (χ1n) is 8.04. The molecule has 2 N–H and O–H groups in total. The van der Waals surface area contributed by atoms with E-state index in [-0.39, 0.29) is 21.9 Å². The molecule has 27 heavy (non-hydrogen) atoms. The Kier molecular flexibility index (Phi) is 6.12. The quantitative estimate of drug-likeness (QED) is 0.730. The Hall–Kier alpha value is -1.98. The zero-order valence-electron chi connectivity index (χ0n) is 14.6. The van der Waals surface area contributed by atoms with Gasteiger partial charge in [-0.15, -0.1) is 0 Å². The van der Waals surface area contributed by atoms with Crippen LogP contribution in [0.3, 0.4) is 0 Å². The molecule has 0 fully saturated rings. The van der Waals surface area contributed by atoms with Gasteiger partial charge in [0.2, 0.25) is 5.91 Å². The van der Waals surface area contributed by atoms with Crippen molar-refractivity contribution in [3.05, 3.63) is 36.1 Å². The molecule has 0 saturated heterocycles. The summed E-state index contributed by atoms with van der Waals surface area (Å²) < 4.78 is 32.8. The van der Waals surface area contributed by atoms with Crippen molar-refractivity contribution in [3.8, 4) is 0 Å². The lowest BCUT2D eigenvalue weighted by molar-refractivity contribution is -0.115. The molecule has 1 atom stereocenters. The topological polar surface area (TPSA) is 114 Å². The van der Waals surface area contributed by atoms with Crippen molar-refractivity contribution in [1.29, 1.82) is 0 Å². The van der Waals surface area contributed by atoms with E-state index >= 15 is 0 Å². The number of hydrogen-bond donors (Lipinski definition) is 2. The van der Waals surface area contributed by atoms with Gasteiger partial charge < -0.3 is 9.84 Å². The van der Waals surface area contributed by atoms with Crippen LogP contribution in [0.5, 0.6) is 0 Å². The number of amides is 1. The molecule has 3 rings (SSSR count). The van der Waals surface area contributed by atoms with Crippen LogP contribution in [-0.4, -0.2) is 41.4 Å². The Morgan fingerprint density at radius 3 is 2.67 bits per heavy atom. The van der Waals surface area contributed by atoms with Gasteiger partial charge in [0, 0.05) is 17.5 Å². The third-order valence-corrected chi connectivity index (χ3v) is 7.18. The number of benzene rings is 1. The van der Waals surface area contributed by atoms with Crippen molar-refractivity contribution in [2.24, 2.45) is 4.99 Å². The van der Waals surface area contributed by atoms with Gasteiger partial charge >= 0.3 is 0 Å². The van der Waals surface area contributed by atoms with Gasteiger partial charge in [-0.05, 0) is 38.1 Å². The third-order valence-electron chi connectivity index (χ3n) is 3.50. The minimum absolute atomic E-state index is 0.0558. The Morgan fingerprint density at radius 2 is 2.07 bits per heavy atom. The molecule has 1 aliphatic heterocycles. The Morgan fingerprint density at radius 1 is 1.33 bits per heavy atom. The molecule has 0 aliphatic carbocycles. The summed E-state index contributed by atoms with van der Waals surface area (Å²) in [6, 6.07) is 7.40. The highest BCUT2D eigenvalue weighted by Gasteiger charge is 2.20. The molecule has 0 bridgehead atoms. The van der Waals surface area contributed by atoms with E-state index < -0.39 is 10.0 Å². The summed E-state index contributed by atoms with van der Waals surface area (Å²) in [6.45, 7) is 4.27. The van der Waals surface area contributed by atoms with Crippen LogP contribution in [0.15, 0.2) is 44.7 Å². The van der Waals surface area contributed by atoms with Gasteiger partial charge in [-0.2, -0.15) is 0 Å². The van der Waals surface area contributed by atoms with E-state index in [1.54, 1.807) is 30.8 Å². The van der Waals surface area contributed by atoms with Crippen molar-refractivity contribution < 1.29 is 17.7 Å². The van der Waals surface area contributed by atoms with Crippen LogP contribution in [0.1, 0.15) is 12.7 Å². The number of carbonyl (C=O) groups is 1. The SMILES string of the molecule is Cc1cc(NS(=O)(=O)c2ccc(NC(=O)C(C)SC3=NCCS3)cc2)no1. The molecule has 1 aromatic carbocycles. The monoisotopic (exact) mass is 426 g/mol. The molecule has 11 heteroatoms. The van der Waals surface area contributed by atoms with E-state index in [0.29, 0.717) is 11.4 Å². The van der Waals surface area contributed by atoms with Crippen molar-refractivity contribution in [3.63, 3.8) is 0 Å².